The number of nitrogens with zero attached hydrogens (tertiary/aromatic N) is 2. The molecule has 2 aromatic carbocycles. The summed E-state index contributed by atoms with van der Waals surface area (Å²) < 4.78 is 21.7. The molecule has 33 heavy (non-hydrogen) atoms. The van der Waals surface area contributed by atoms with Crippen LogP contribution in [-0.4, -0.2) is 75.2 Å². The SMILES string of the molecule is COc1ccccc1OCC(=O)c1ccc2c(c1)N([C@@H](C)C(=O)N1CCOCC1)C(=O)CO2. The van der Waals surface area contributed by atoms with Crippen LogP contribution < -0.4 is 19.1 Å². The maximum absolute atomic E-state index is 13.0. The lowest BCUT2D eigenvalue weighted by molar-refractivity contribution is -0.138. The minimum Gasteiger partial charge on any atom is -0.493 e. The summed E-state index contributed by atoms with van der Waals surface area (Å²) in [6.07, 6.45) is 0. The second kappa shape index (κ2) is 9.91. The number of ketones is 1. The van der Waals surface area contributed by atoms with Crippen LogP contribution in [-0.2, 0) is 14.3 Å². The second-order valence-electron chi connectivity index (χ2n) is 7.71. The molecule has 4 rings (SSSR count). The number of hydrogen-bond acceptors (Lipinski definition) is 7. The lowest BCUT2D eigenvalue weighted by Crippen LogP contribution is -2.54. The van der Waals surface area contributed by atoms with Crippen molar-refractivity contribution >= 4 is 23.3 Å². The quantitative estimate of drug-likeness (QED) is 0.590. The Labute approximate surface area is 191 Å². The van der Waals surface area contributed by atoms with Gasteiger partial charge in [0.15, 0.2) is 30.5 Å². The number of carbonyl (C=O) groups is 3. The highest BCUT2D eigenvalue weighted by molar-refractivity contribution is 6.05. The first kappa shape index (κ1) is 22.6. The Bertz CT molecular complexity index is 1050. The van der Waals surface area contributed by atoms with Crippen molar-refractivity contribution < 1.29 is 33.3 Å². The summed E-state index contributed by atoms with van der Waals surface area (Å²) in [5.74, 6) is 0.627. The molecular weight excluding hydrogens is 428 g/mol. The van der Waals surface area contributed by atoms with Crippen LogP contribution >= 0.6 is 0 Å². The number of anilines is 1. The Morgan fingerprint density at radius 2 is 1.82 bits per heavy atom. The molecule has 0 radical (unpaired) electrons. The second-order valence-corrected chi connectivity index (χ2v) is 7.71. The summed E-state index contributed by atoms with van der Waals surface area (Å²) in [5, 5.41) is 0. The van der Waals surface area contributed by atoms with Gasteiger partial charge in [-0.25, -0.2) is 0 Å². The fourth-order valence-electron chi connectivity index (χ4n) is 3.89. The average Bonchev–Trinajstić information content (AvgIpc) is 2.86. The normalized spacial score (nSPS) is 16.5. The van der Waals surface area contributed by atoms with E-state index in [0.717, 1.165) is 0 Å². The van der Waals surface area contributed by atoms with Crippen molar-refractivity contribution in [2.75, 3.05) is 51.5 Å². The molecule has 9 heteroatoms. The Morgan fingerprint density at radius 1 is 1.09 bits per heavy atom. The Balaban J connectivity index is 1.53. The highest BCUT2D eigenvalue weighted by Gasteiger charge is 2.36. The monoisotopic (exact) mass is 454 g/mol. The first-order valence-electron chi connectivity index (χ1n) is 10.7. The van der Waals surface area contributed by atoms with E-state index in [1.54, 1.807) is 48.2 Å². The number of ether oxygens (including phenoxy) is 4. The van der Waals surface area contributed by atoms with Crippen LogP contribution in [0.4, 0.5) is 5.69 Å². The van der Waals surface area contributed by atoms with Crippen molar-refractivity contribution in [2.45, 2.75) is 13.0 Å². The smallest absolute Gasteiger partial charge is 0.265 e. The lowest BCUT2D eigenvalue weighted by Gasteiger charge is -2.37. The number of benzene rings is 2. The van der Waals surface area contributed by atoms with E-state index in [-0.39, 0.29) is 30.8 Å². The minimum atomic E-state index is -0.742. The van der Waals surface area contributed by atoms with E-state index in [4.69, 9.17) is 18.9 Å². The summed E-state index contributed by atoms with van der Waals surface area (Å²) in [5.41, 5.74) is 0.737. The zero-order valence-electron chi connectivity index (χ0n) is 18.6. The summed E-state index contributed by atoms with van der Waals surface area (Å²) in [6.45, 7) is 3.20. The van der Waals surface area contributed by atoms with Crippen molar-refractivity contribution in [2.24, 2.45) is 0 Å². The zero-order valence-corrected chi connectivity index (χ0v) is 18.6. The molecule has 1 saturated heterocycles. The van der Waals surface area contributed by atoms with Crippen molar-refractivity contribution in [3.05, 3.63) is 48.0 Å². The van der Waals surface area contributed by atoms with Crippen LogP contribution in [0.2, 0.25) is 0 Å². The van der Waals surface area contributed by atoms with Crippen molar-refractivity contribution in [3.63, 3.8) is 0 Å². The lowest BCUT2D eigenvalue weighted by atomic mass is 10.1. The van der Waals surface area contributed by atoms with Gasteiger partial charge in [0.1, 0.15) is 11.8 Å². The van der Waals surface area contributed by atoms with E-state index < -0.39 is 6.04 Å². The van der Waals surface area contributed by atoms with Gasteiger partial charge in [0.2, 0.25) is 5.91 Å². The molecule has 2 amide bonds. The van der Waals surface area contributed by atoms with Gasteiger partial charge in [0.25, 0.3) is 5.91 Å². The number of fused-ring (bicyclic) bond motifs is 1. The number of methoxy groups -OCH3 is 1. The van der Waals surface area contributed by atoms with Gasteiger partial charge in [-0.2, -0.15) is 0 Å². The van der Waals surface area contributed by atoms with E-state index >= 15 is 0 Å². The Morgan fingerprint density at radius 3 is 2.55 bits per heavy atom. The molecule has 9 nitrogen and oxygen atoms in total. The minimum absolute atomic E-state index is 0.169. The Hall–Kier alpha value is -3.59. The third kappa shape index (κ3) is 4.78. The predicted molar refractivity (Wildman–Crippen MR) is 119 cm³/mol. The largest absolute Gasteiger partial charge is 0.493 e. The highest BCUT2D eigenvalue weighted by atomic mass is 16.5. The summed E-state index contributed by atoms with van der Waals surface area (Å²) in [7, 11) is 1.53. The van der Waals surface area contributed by atoms with Crippen molar-refractivity contribution in [1.82, 2.24) is 4.90 Å². The van der Waals surface area contributed by atoms with E-state index in [2.05, 4.69) is 0 Å². The molecule has 0 N–H and O–H groups in total. The van der Waals surface area contributed by atoms with Gasteiger partial charge in [-0.15, -0.1) is 0 Å². The average molecular weight is 454 g/mol. The predicted octanol–water partition coefficient (Wildman–Crippen LogP) is 1.93. The molecule has 0 saturated carbocycles. The van der Waals surface area contributed by atoms with Crippen LogP contribution in [0.25, 0.3) is 0 Å². The van der Waals surface area contributed by atoms with Crippen LogP contribution in [0, 0.1) is 0 Å². The van der Waals surface area contributed by atoms with Crippen LogP contribution in [0.3, 0.4) is 0 Å². The van der Waals surface area contributed by atoms with Gasteiger partial charge in [-0.1, -0.05) is 12.1 Å². The number of amides is 2. The maximum Gasteiger partial charge on any atom is 0.265 e. The van der Waals surface area contributed by atoms with Gasteiger partial charge < -0.3 is 23.8 Å². The van der Waals surface area contributed by atoms with E-state index in [1.807, 2.05) is 6.07 Å². The molecule has 2 heterocycles. The van der Waals surface area contributed by atoms with Crippen molar-refractivity contribution in [3.8, 4) is 17.2 Å². The first-order chi connectivity index (χ1) is 16.0. The molecule has 2 aliphatic heterocycles. The number of rotatable bonds is 7. The van der Waals surface area contributed by atoms with Gasteiger partial charge in [-0.05, 0) is 37.3 Å². The van der Waals surface area contributed by atoms with E-state index in [1.165, 1.54) is 12.0 Å². The molecule has 174 valence electrons. The van der Waals surface area contributed by atoms with Gasteiger partial charge >= 0.3 is 0 Å². The number of hydrogen-bond donors (Lipinski definition) is 0. The molecule has 2 aromatic rings. The van der Waals surface area contributed by atoms with Crippen LogP contribution in [0.5, 0.6) is 17.2 Å². The number of carbonyl (C=O) groups excluding carboxylic acids is 3. The molecule has 0 unspecified atom stereocenters. The number of para-hydroxylation sites is 2. The molecule has 0 spiro atoms. The van der Waals surface area contributed by atoms with Crippen molar-refractivity contribution in [1.29, 1.82) is 0 Å². The van der Waals surface area contributed by atoms with Gasteiger partial charge in [-0.3, -0.25) is 19.3 Å². The van der Waals surface area contributed by atoms with Crippen LogP contribution in [0.15, 0.2) is 42.5 Å². The number of morpholine rings is 1. The topological polar surface area (TPSA) is 94.6 Å². The van der Waals surface area contributed by atoms with Crippen LogP contribution in [0.1, 0.15) is 17.3 Å². The maximum atomic E-state index is 13.0. The summed E-state index contributed by atoms with van der Waals surface area (Å²) >= 11 is 0. The Kier molecular flexibility index (Phi) is 6.79. The third-order valence-electron chi connectivity index (χ3n) is 5.66. The molecule has 2 aliphatic rings. The third-order valence-corrected chi connectivity index (χ3v) is 5.66. The first-order valence-corrected chi connectivity index (χ1v) is 10.7. The summed E-state index contributed by atoms with van der Waals surface area (Å²) in [4.78, 5) is 41.7. The van der Waals surface area contributed by atoms with E-state index in [9.17, 15) is 14.4 Å². The highest BCUT2D eigenvalue weighted by Crippen LogP contribution is 2.35. The van der Waals surface area contributed by atoms with Gasteiger partial charge in [0.05, 0.1) is 26.0 Å². The van der Waals surface area contributed by atoms with E-state index in [0.29, 0.717) is 54.8 Å². The summed E-state index contributed by atoms with van der Waals surface area (Å²) in [6, 6.07) is 11.1. The molecule has 0 aromatic heterocycles. The molecular formula is C24H26N2O7. The fraction of sp³-hybridized carbons (Fsp3) is 0.375. The molecule has 1 atom stereocenters. The standard InChI is InChI=1S/C24H26N2O7/c1-16(24(29)25-9-11-31-12-10-25)26-18-13-17(7-8-20(18)33-15-23(26)28)19(27)14-32-22-6-4-3-5-21(22)30-2/h3-8,13,16H,9-12,14-15H2,1-2H3/t16-/m0/s1. The molecule has 0 aliphatic carbocycles. The molecule has 1 fully saturated rings. The van der Waals surface area contributed by atoms with Gasteiger partial charge in [0, 0.05) is 18.7 Å². The fourth-order valence-corrected chi connectivity index (χ4v) is 3.89. The zero-order chi connectivity index (χ0) is 23.4. The molecule has 0 bridgehead atoms. The number of Topliss-reactive ketones (excluding diaryl/α,β-unsaturated/α-hetero) is 1.